The third kappa shape index (κ3) is 2.93. The molecule has 8 heteroatoms. The maximum absolute atomic E-state index is 11.9. The first-order chi connectivity index (χ1) is 11.6. The number of H-pyrrole nitrogens is 2. The molecular weight excluding hydrogens is 312 g/mol. The largest absolute Gasteiger partial charge is 0.507 e. The van der Waals surface area contributed by atoms with Gasteiger partial charge in [-0.2, -0.15) is 5.11 Å². The standard InChI is InChI=1S/C16H12N4O4/c21-12-7-2-1-6-11(12)13-14(15(22)20-18-13)19-17-10-5-3-4-9(8-10)16(23)24/h1-8,21H,(H,23,24)(H2,18,20,22). The Morgan fingerprint density at radius 1 is 1.00 bits per heavy atom. The molecule has 0 aliphatic heterocycles. The third-order valence-corrected chi connectivity index (χ3v) is 3.28. The molecule has 0 amide bonds. The second-order valence-electron chi connectivity index (χ2n) is 4.88. The fourth-order valence-corrected chi connectivity index (χ4v) is 2.14. The number of para-hydroxylation sites is 1. The van der Waals surface area contributed by atoms with Crippen LogP contribution in [-0.4, -0.2) is 26.4 Å². The summed E-state index contributed by atoms with van der Waals surface area (Å²) < 4.78 is 0. The quantitative estimate of drug-likeness (QED) is 0.549. The molecule has 0 bridgehead atoms. The topological polar surface area (TPSA) is 131 Å². The summed E-state index contributed by atoms with van der Waals surface area (Å²) in [6.07, 6.45) is 0. The highest BCUT2D eigenvalue weighted by Gasteiger charge is 2.14. The van der Waals surface area contributed by atoms with Gasteiger partial charge in [0.05, 0.1) is 16.9 Å². The Bertz CT molecular complexity index is 987. The van der Waals surface area contributed by atoms with Gasteiger partial charge in [-0.05, 0) is 30.3 Å². The van der Waals surface area contributed by atoms with Gasteiger partial charge in [-0.1, -0.05) is 18.2 Å². The van der Waals surface area contributed by atoms with E-state index in [9.17, 15) is 14.7 Å². The van der Waals surface area contributed by atoms with E-state index in [-0.39, 0.29) is 22.7 Å². The van der Waals surface area contributed by atoms with Gasteiger partial charge in [-0.3, -0.25) is 15.0 Å². The molecule has 120 valence electrons. The van der Waals surface area contributed by atoms with Crippen molar-refractivity contribution in [3.05, 3.63) is 64.4 Å². The van der Waals surface area contributed by atoms with E-state index in [4.69, 9.17) is 5.11 Å². The molecule has 4 N–H and O–H groups in total. The van der Waals surface area contributed by atoms with E-state index >= 15 is 0 Å². The number of rotatable bonds is 4. The number of aromatic amines is 2. The molecule has 0 saturated heterocycles. The van der Waals surface area contributed by atoms with E-state index in [0.29, 0.717) is 11.3 Å². The smallest absolute Gasteiger partial charge is 0.335 e. The molecule has 0 saturated carbocycles. The number of hydrogen-bond donors (Lipinski definition) is 4. The second-order valence-corrected chi connectivity index (χ2v) is 4.88. The predicted octanol–water partition coefficient (Wildman–Crippen LogP) is 3.19. The zero-order valence-corrected chi connectivity index (χ0v) is 12.2. The lowest BCUT2D eigenvalue weighted by molar-refractivity contribution is 0.0697. The highest BCUT2D eigenvalue weighted by molar-refractivity contribution is 5.88. The molecule has 3 aromatic rings. The molecule has 1 aromatic heterocycles. The number of aromatic carboxylic acids is 1. The van der Waals surface area contributed by atoms with Crippen molar-refractivity contribution >= 4 is 17.3 Å². The molecule has 0 unspecified atom stereocenters. The highest BCUT2D eigenvalue weighted by atomic mass is 16.4. The van der Waals surface area contributed by atoms with Crippen molar-refractivity contribution in [1.29, 1.82) is 0 Å². The fraction of sp³-hybridized carbons (Fsp3) is 0. The van der Waals surface area contributed by atoms with Crippen molar-refractivity contribution in [2.75, 3.05) is 0 Å². The minimum atomic E-state index is -1.08. The fourth-order valence-electron chi connectivity index (χ4n) is 2.14. The summed E-state index contributed by atoms with van der Waals surface area (Å²) in [6, 6.07) is 12.3. The third-order valence-electron chi connectivity index (χ3n) is 3.28. The van der Waals surface area contributed by atoms with E-state index in [0.717, 1.165) is 0 Å². The summed E-state index contributed by atoms with van der Waals surface area (Å²) in [5, 5.41) is 31.7. The molecule has 2 aromatic carbocycles. The van der Waals surface area contributed by atoms with E-state index in [1.54, 1.807) is 24.3 Å². The van der Waals surface area contributed by atoms with E-state index in [1.807, 2.05) is 0 Å². The number of benzene rings is 2. The molecule has 0 atom stereocenters. The van der Waals surface area contributed by atoms with Gasteiger partial charge in [-0.25, -0.2) is 4.79 Å². The average Bonchev–Trinajstić information content (AvgIpc) is 2.94. The molecular formula is C16H12N4O4. The number of carbonyl (C=O) groups is 1. The molecule has 3 rings (SSSR count). The number of hydrogen-bond acceptors (Lipinski definition) is 5. The predicted molar refractivity (Wildman–Crippen MR) is 86.1 cm³/mol. The molecule has 24 heavy (non-hydrogen) atoms. The van der Waals surface area contributed by atoms with Crippen LogP contribution >= 0.6 is 0 Å². The molecule has 0 radical (unpaired) electrons. The van der Waals surface area contributed by atoms with Gasteiger partial charge in [0.15, 0.2) is 5.69 Å². The summed E-state index contributed by atoms with van der Waals surface area (Å²) in [7, 11) is 0. The normalized spacial score (nSPS) is 11.0. The van der Waals surface area contributed by atoms with Crippen LogP contribution in [0, 0.1) is 0 Å². The van der Waals surface area contributed by atoms with Crippen LogP contribution < -0.4 is 5.56 Å². The van der Waals surface area contributed by atoms with E-state index < -0.39 is 11.5 Å². The minimum Gasteiger partial charge on any atom is -0.507 e. The molecule has 0 aliphatic rings. The summed E-state index contributed by atoms with van der Waals surface area (Å²) >= 11 is 0. The Morgan fingerprint density at radius 2 is 1.79 bits per heavy atom. The van der Waals surface area contributed by atoms with Crippen LogP contribution in [0.1, 0.15) is 10.4 Å². The van der Waals surface area contributed by atoms with Crippen LogP contribution in [0.15, 0.2) is 63.6 Å². The average molecular weight is 324 g/mol. The Labute approximate surface area is 135 Å². The molecule has 0 aliphatic carbocycles. The van der Waals surface area contributed by atoms with Gasteiger partial charge in [0.1, 0.15) is 5.75 Å². The maximum Gasteiger partial charge on any atom is 0.335 e. The zero-order chi connectivity index (χ0) is 17.1. The molecule has 0 spiro atoms. The zero-order valence-electron chi connectivity index (χ0n) is 12.2. The van der Waals surface area contributed by atoms with E-state index in [2.05, 4.69) is 20.4 Å². The number of nitrogens with zero attached hydrogens (tertiary/aromatic N) is 2. The van der Waals surface area contributed by atoms with Crippen molar-refractivity contribution in [3.8, 4) is 17.0 Å². The number of aromatic nitrogens is 2. The van der Waals surface area contributed by atoms with Crippen LogP contribution in [0.25, 0.3) is 11.3 Å². The number of carboxylic acids is 1. The van der Waals surface area contributed by atoms with Crippen molar-refractivity contribution in [2.45, 2.75) is 0 Å². The first-order valence-corrected chi connectivity index (χ1v) is 6.90. The van der Waals surface area contributed by atoms with Gasteiger partial charge < -0.3 is 10.2 Å². The monoisotopic (exact) mass is 324 g/mol. The molecule has 1 heterocycles. The number of phenolic OH excluding ortho intramolecular Hbond substituents is 1. The Balaban J connectivity index is 2.01. The SMILES string of the molecule is O=C(O)c1cccc(N=Nc2c(-c3ccccc3O)[nH][nH]c2=O)c1. The number of phenols is 1. The first-order valence-electron chi connectivity index (χ1n) is 6.90. The minimum absolute atomic E-state index is 0.0165. The lowest BCUT2D eigenvalue weighted by atomic mass is 10.1. The maximum atomic E-state index is 11.9. The van der Waals surface area contributed by atoms with Crippen LogP contribution in [0.3, 0.4) is 0 Å². The Kier molecular flexibility index (Phi) is 3.94. The number of aromatic hydroxyl groups is 1. The van der Waals surface area contributed by atoms with Crippen LogP contribution in [0.5, 0.6) is 5.75 Å². The molecule has 8 nitrogen and oxygen atoms in total. The Morgan fingerprint density at radius 3 is 2.54 bits per heavy atom. The van der Waals surface area contributed by atoms with Gasteiger partial charge in [0, 0.05) is 5.56 Å². The first kappa shape index (κ1) is 15.2. The van der Waals surface area contributed by atoms with Crippen LogP contribution in [0.4, 0.5) is 11.4 Å². The highest BCUT2D eigenvalue weighted by Crippen LogP contribution is 2.32. The van der Waals surface area contributed by atoms with Crippen molar-refractivity contribution in [1.82, 2.24) is 10.2 Å². The van der Waals surface area contributed by atoms with Crippen LogP contribution in [0.2, 0.25) is 0 Å². The van der Waals surface area contributed by atoms with Crippen molar-refractivity contribution in [2.24, 2.45) is 10.2 Å². The van der Waals surface area contributed by atoms with Gasteiger partial charge in [-0.15, -0.1) is 5.11 Å². The Hall–Kier alpha value is -3.68. The lowest BCUT2D eigenvalue weighted by Gasteiger charge is -2.01. The number of azo groups is 1. The lowest BCUT2D eigenvalue weighted by Crippen LogP contribution is -1.96. The molecule has 0 fully saturated rings. The van der Waals surface area contributed by atoms with Gasteiger partial charge >= 0.3 is 5.97 Å². The summed E-state index contributed by atoms with van der Waals surface area (Å²) in [4.78, 5) is 22.9. The van der Waals surface area contributed by atoms with Gasteiger partial charge in [0.25, 0.3) is 5.56 Å². The summed E-state index contributed by atoms with van der Waals surface area (Å²) in [5.74, 6) is -1.10. The van der Waals surface area contributed by atoms with Crippen LogP contribution in [-0.2, 0) is 0 Å². The number of nitrogens with one attached hydrogen (secondary N) is 2. The van der Waals surface area contributed by atoms with E-state index in [1.165, 1.54) is 24.3 Å². The van der Waals surface area contributed by atoms with Gasteiger partial charge in [0.2, 0.25) is 0 Å². The summed E-state index contributed by atoms with van der Waals surface area (Å²) in [5.41, 5.74) is 0.512. The second kappa shape index (κ2) is 6.21. The number of carboxylic acid groups (broad SMARTS) is 1. The van der Waals surface area contributed by atoms with Crippen molar-refractivity contribution < 1.29 is 15.0 Å². The summed E-state index contributed by atoms with van der Waals surface area (Å²) in [6.45, 7) is 0. The van der Waals surface area contributed by atoms with Crippen molar-refractivity contribution in [3.63, 3.8) is 0 Å².